The Morgan fingerprint density at radius 3 is 2.87 bits per heavy atom. The summed E-state index contributed by atoms with van der Waals surface area (Å²) in [6, 6.07) is 9.56. The lowest BCUT2D eigenvalue weighted by Gasteiger charge is -2.08. The number of fused-ring (bicyclic) bond motifs is 1. The Balaban J connectivity index is 1.99. The first-order chi connectivity index (χ1) is 11.1. The van der Waals surface area contributed by atoms with Gasteiger partial charge in [0.15, 0.2) is 11.5 Å². The zero-order chi connectivity index (χ0) is 16.4. The highest BCUT2D eigenvalue weighted by Gasteiger charge is 2.17. The third kappa shape index (κ3) is 3.16. The van der Waals surface area contributed by atoms with Crippen LogP contribution in [0.3, 0.4) is 0 Å². The normalized spacial score (nSPS) is 12.3. The Labute approximate surface area is 135 Å². The molecule has 0 saturated heterocycles. The van der Waals surface area contributed by atoms with Crippen LogP contribution in [0.15, 0.2) is 41.4 Å². The van der Waals surface area contributed by atoms with Crippen molar-refractivity contribution < 1.29 is 13.9 Å². The zero-order valence-corrected chi connectivity index (χ0v) is 13.2. The average molecular weight is 332 g/mol. The zero-order valence-electron chi connectivity index (χ0n) is 12.4. The fourth-order valence-electron chi connectivity index (χ4n) is 2.04. The number of halogens is 1. The van der Waals surface area contributed by atoms with Crippen molar-refractivity contribution in [3.05, 3.63) is 42.2 Å². The summed E-state index contributed by atoms with van der Waals surface area (Å²) >= 11 is 1.27. The van der Waals surface area contributed by atoms with Crippen molar-refractivity contribution in [1.29, 1.82) is 0 Å². The summed E-state index contributed by atoms with van der Waals surface area (Å²) in [5.74, 6) is -0.247. The minimum absolute atomic E-state index is 0.328. The number of carbonyl (C=O) groups excluding carboxylic acids is 1. The molecular weight excluding hydrogens is 319 g/mol. The fourth-order valence-corrected chi connectivity index (χ4v) is 2.87. The van der Waals surface area contributed by atoms with Gasteiger partial charge in [0.2, 0.25) is 0 Å². The van der Waals surface area contributed by atoms with Gasteiger partial charge in [0, 0.05) is 5.56 Å². The van der Waals surface area contributed by atoms with Crippen LogP contribution in [0.4, 0.5) is 4.39 Å². The second-order valence-electron chi connectivity index (χ2n) is 4.76. The van der Waals surface area contributed by atoms with Crippen LogP contribution in [0, 0.1) is 5.82 Å². The summed E-state index contributed by atoms with van der Waals surface area (Å²) in [5.41, 5.74) is 1.12. The van der Waals surface area contributed by atoms with Gasteiger partial charge in [0.1, 0.15) is 16.1 Å². The van der Waals surface area contributed by atoms with E-state index in [2.05, 4.69) is 15.3 Å². The topological polar surface area (TPSA) is 69.4 Å². The van der Waals surface area contributed by atoms with E-state index in [1.165, 1.54) is 35.5 Å². The molecule has 0 fully saturated rings. The van der Waals surface area contributed by atoms with E-state index in [0.29, 0.717) is 22.1 Å². The molecule has 3 rings (SSSR count). The molecule has 0 unspecified atom stereocenters. The Kier molecular flexibility index (Phi) is 4.24. The summed E-state index contributed by atoms with van der Waals surface area (Å²) in [5, 5.41) is 12.7. The lowest BCUT2D eigenvalue weighted by Crippen LogP contribution is -2.15. The Bertz CT molecular complexity index is 868. The molecule has 0 bridgehead atoms. The van der Waals surface area contributed by atoms with Crippen LogP contribution in [-0.4, -0.2) is 38.1 Å². The van der Waals surface area contributed by atoms with Gasteiger partial charge in [-0.1, -0.05) is 23.9 Å². The number of ether oxygens (including phenoxy) is 1. The molecular formula is C15H13FN4O2S. The van der Waals surface area contributed by atoms with Crippen LogP contribution in [0.2, 0.25) is 0 Å². The van der Waals surface area contributed by atoms with Crippen LogP contribution in [0.1, 0.15) is 6.92 Å². The number of hydrogen-bond acceptors (Lipinski definition) is 6. The minimum Gasteiger partial charge on any atom is -0.468 e. The molecule has 0 N–H and O–H groups in total. The van der Waals surface area contributed by atoms with Crippen molar-refractivity contribution in [2.75, 3.05) is 7.11 Å². The summed E-state index contributed by atoms with van der Waals surface area (Å²) in [6.45, 7) is 1.74. The van der Waals surface area contributed by atoms with Crippen LogP contribution in [0.25, 0.3) is 17.0 Å². The summed E-state index contributed by atoms with van der Waals surface area (Å²) in [7, 11) is 1.35. The number of carbonyl (C=O) groups is 1. The highest BCUT2D eigenvalue weighted by molar-refractivity contribution is 8.00. The van der Waals surface area contributed by atoms with E-state index < -0.39 is 0 Å². The Morgan fingerprint density at radius 2 is 2.13 bits per heavy atom. The number of thioether (sulfide) groups is 1. The second-order valence-corrected chi connectivity index (χ2v) is 6.12. The number of benzene rings is 1. The van der Waals surface area contributed by atoms with Gasteiger partial charge >= 0.3 is 5.97 Å². The monoisotopic (exact) mass is 332 g/mol. The molecule has 2 heterocycles. The number of nitrogens with zero attached hydrogens (tertiary/aromatic N) is 4. The highest BCUT2D eigenvalue weighted by atomic mass is 32.2. The van der Waals surface area contributed by atoms with Crippen molar-refractivity contribution >= 4 is 23.4 Å². The molecule has 0 amide bonds. The van der Waals surface area contributed by atoms with E-state index in [9.17, 15) is 9.18 Å². The first-order valence-electron chi connectivity index (χ1n) is 6.81. The Morgan fingerprint density at radius 1 is 1.30 bits per heavy atom. The molecule has 3 aromatic rings. The van der Waals surface area contributed by atoms with Crippen molar-refractivity contribution in [2.24, 2.45) is 0 Å². The maximum absolute atomic E-state index is 13.4. The van der Waals surface area contributed by atoms with E-state index in [4.69, 9.17) is 4.74 Å². The van der Waals surface area contributed by atoms with Crippen molar-refractivity contribution in [3.8, 4) is 11.4 Å². The van der Waals surface area contributed by atoms with Crippen LogP contribution < -0.4 is 0 Å². The van der Waals surface area contributed by atoms with Gasteiger partial charge < -0.3 is 4.74 Å². The molecule has 0 saturated carbocycles. The standard InChI is InChI=1S/C15H13FN4O2S/c1-9(15(21)22-2)23-13-7-6-12-17-18-14(20(12)19-13)10-4-3-5-11(16)8-10/h3-9H,1-2H3/t9-/m0/s1. The van der Waals surface area contributed by atoms with Gasteiger partial charge in [-0.15, -0.1) is 10.2 Å². The molecule has 8 heteroatoms. The Hall–Kier alpha value is -2.48. The fraction of sp³-hybridized carbons (Fsp3) is 0.200. The number of hydrogen-bond donors (Lipinski definition) is 0. The van der Waals surface area contributed by atoms with Gasteiger partial charge in [-0.3, -0.25) is 4.79 Å². The number of methoxy groups -OCH3 is 1. The van der Waals surface area contributed by atoms with Gasteiger partial charge in [-0.05, 0) is 31.2 Å². The van der Waals surface area contributed by atoms with E-state index in [1.807, 2.05) is 0 Å². The van der Waals surface area contributed by atoms with Gasteiger partial charge in [0.25, 0.3) is 0 Å². The predicted octanol–water partition coefficient (Wildman–Crippen LogP) is 2.58. The molecule has 0 aliphatic carbocycles. The highest BCUT2D eigenvalue weighted by Crippen LogP contribution is 2.24. The maximum atomic E-state index is 13.4. The molecule has 0 radical (unpaired) electrons. The van der Waals surface area contributed by atoms with Crippen molar-refractivity contribution in [3.63, 3.8) is 0 Å². The van der Waals surface area contributed by atoms with Crippen molar-refractivity contribution in [1.82, 2.24) is 19.8 Å². The quantitative estimate of drug-likeness (QED) is 0.540. The molecule has 1 aromatic carbocycles. The number of aromatic nitrogens is 4. The average Bonchev–Trinajstić information content (AvgIpc) is 2.97. The van der Waals surface area contributed by atoms with Crippen LogP contribution >= 0.6 is 11.8 Å². The molecule has 23 heavy (non-hydrogen) atoms. The summed E-state index contributed by atoms with van der Waals surface area (Å²) in [4.78, 5) is 11.5. The molecule has 0 aliphatic rings. The van der Waals surface area contributed by atoms with E-state index in [0.717, 1.165) is 0 Å². The lowest BCUT2D eigenvalue weighted by molar-refractivity contribution is -0.139. The first-order valence-corrected chi connectivity index (χ1v) is 7.69. The molecule has 2 aromatic heterocycles. The smallest absolute Gasteiger partial charge is 0.318 e. The van der Waals surface area contributed by atoms with Gasteiger partial charge in [-0.25, -0.2) is 4.39 Å². The second kappa shape index (κ2) is 6.33. The summed E-state index contributed by atoms with van der Waals surface area (Å²) < 4.78 is 19.6. The third-order valence-electron chi connectivity index (χ3n) is 3.15. The molecule has 1 atom stereocenters. The SMILES string of the molecule is COC(=O)[C@H](C)Sc1ccc2nnc(-c3cccc(F)c3)n2n1. The molecule has 6 nitrogen and oxygen atoms in total. The molecule has 0 aliphatic heterocycles. The van der Waals surface area contributed by atoms with E-state index >= 15 is 0 Å². The van der Waals surface area contributed by atoms with Gasteiger partial charge in [0.05, 0.1) is 7.11 Å². The minimum atomic E-state index is -0.390. The largest absolute Gasteiger partial charge is 0.468 e. The van der Waals surface area contributed by atoms with Crippen molar-refractivity contribution in [2.45, 2.75) is 17.2 Å². The number of rotatable bonds is 4. The molecule has 0 spiro atoms. The van der Waals surface area contributed by atoms with E-state index in [1.54, 1.807) is 31.2 Å². The van der Waals surface area contributed by atoms with Crippen LogP contribution in [0.5, 0.6) is 0 Å². The molecule has 118 valence electrons. The van der Waals surface area contributed by atoms with Crippen LogP contribution in [-0.2, 0) is 9.53 Å². The van der Waals surface area contributed by atoms with E-state index in [-0.39, 0.29) is 17.0 Å². The summed E-state index contributed by atoms with van der Waals surface area (Å²) in [6.07, 6.45) is 0. The predicted molar refractivity (Wildman–Crippen MR) is 83.5 cm³/mol. The maximum Gasteiger partial charge on any atom is 0.318 e. The number of esters is 1. The van der Waals surface area contributed by atoms with Gasteiger partial charge in [-0.2, -0.15) is 9.61 Å². The lowest BCUT2D eigenvalue weighted by atomic mass is 10.2. The first kappa shape index (κ1) is 15.4. The third-order valence-corrected chi connectivity index (χ3v) is 4.16.